The third-order valence-corrected chi connectivity index (χ3v) is 4.56. The Labute approximate surface area is 135 Å². The van der Waals surface area contributed by atoms with Gasteiger partial charge in [0.15, 0.2) is 0 Å². The molecule has 2 aliphatic rings. The number of carbonyl (C=O) groups is 1. The predicted molar refractivity (Wildman–Crippen MR) is 85.1 cm³/mol. The van der Waals surface area contributed by atoms with Gasteiger partial charge in [-0.3, -0.25) is 14.5 Å². The fourth-order valence-electron chi connectivity index (χ4n) is 3.14. The molecule has 1 unspecified atom stereocenters. The van der Waals surface area contributed by atoms with Gasteiger partial charge in [-0.15, -0.1) is 0 Å². The summed E-state index contributed by atoms with van der Waals surface area (Å²) in [6.07, 6.45) is 4.34. The largest absolute Gasteiger partial charge is 0.378 e. The Morgan fingerprint density at radius 1 is 1.26 bits per heavy atom. The quantitative estimate of drug-likeness (QED) is 0.761. The highest BCUT2D eigenvalue weighted by atomic mass is 16.5. The molecule has 3 rings (SSSR count). The number of amides is 1. The molecule has 2 aliphatic heterocycles. The van der Waals surface area contributed by atoms with Crippen molar-refractivity contribution in [1.29, 1.82) is 0 Å². The second-order valence-electron chi connectivity index (χ2n) is 6.15. The summed E-state index contributed by atoms with van der Waals surface area (Å²) >= 11 is 0. The summed E-state index contributed by atoms with van der Waals surface area (Å²) in [5.74, 6) is 0.206. The van der Waals surface area contributed by atoms with E-state index in [1.54, 1.807) is 12.3 Å². The first-order valence-electron chi connectivity index (χ1n) is 8.36. The molecule has 7 heteroatoms. The number of carbonyl (C=O) groups excluding carboxylic acids is 1. The van der Waals surface area contributed by atoms with Crippen LogP contribution in [0.4, 0.5) is 0 Å². The maximum absolute atomic E-state index is 12.3. The van der Waals surface area contributed by atoms with Crippen molar-refractivity contribution < 1.29 is 9.53 Å². The van der Waals surface area contributed by atoms with Crippen molar-refractivity contribution in [3.63, 3.8) is 0 Å². The maximum atomic E-state index is 12.3. The molecular weight excluding hydrogens is 296 g/mol. The molecule has 0 aromatic carbocycles. The van der Waals surface area contributed by atoms with Gasteiger partial charge in [0.1, 0.15) is 0 Å². The van der Waals surface area contributed by atoms with E-state index in [1.165, 1.54) is 10.7 Å². The molecule has 126 valence electrons. The number of aromatic nitrogens is 2. The van der Waals surface area contributed by atoms with E-state index in [0.717, 1.165) is 52.2 Å². The van der Waals surface area contributed by atoms with Gasteiger partial charge >= 0.3 is 0 Å². The highest BCUT2D eigenvalue weighted by Gasteiger charge is 2.25. The van der Waals surface area contributed by atoms with Crippen molar-refractivity contribution in [1.82, 2.24) is 19.6 Å². The van der Waals surface area contributed by atoms with Gasteiger partial charge in [-0.2, -0.15) is 5.10 Å². The summed E-state index contributed by atoms with van der Waals surface area (Å²) in [5.41, 5.74) is -0.0714. The van der Waals surface area contributed by atoms with Crippen molar-refractivity contribution in [2.75, 3.05) is 39.3 Å². The predicted octanol–water partition coefficient (Wildman–Crippen LogP) is -0.0434. The van der Waals surface area contributed by atoms with Crippen molar-refractivity contribution in [3.05, 3.63) is 28.7 Å². The minimum absolute atomic E-state index is 0.0714. The molecule has 2 fully saturated rings. The van der Waals surface area contributed by atoms with Gasteiger partial charge in [-0.05, 0) is 18.9 Å². The van der Waals surface area contributed by atoms with Crippen LogP contribution in [0.1, 0.15) is 19.3 Å². The molecule has 23 heavy (non-hydrogen) atoms. The molecule has 0 bridgehead atoms. The van der Waals surface area contributed by atoms with Crippen molar-refractivity contribution in [3.8, 4) is 0 Å². The monoisotopic (exact) mass is 320 g/mol. The van der Waals surface area contributed by atoms with Crippen molar-refractivity contribution in [2.45, 2.75) is 31.9 Å². The Kier molecular flexibility index (Phi) is 5.40. The van der Waals surface area contributed by atoms with Gasteiger partial charge < -0.3 is 9.64 Å². The molecule has 0 aliphatic carbocycles. The van der Waals surface area contributed by atoms with Crippen LogP contribution < -0.4 is 5.56 Å². The van der Waals surface area contributed by atoms with Gasteiger partial charge in [0.2, 0.25) is 5.91 Å². The molecule has 1 amide bonds. The topological polar surface area (TPSA) is 67.7 Å². The number of rotatable bonds is 5. The lowest BCUT2D eigenvalue weighted by molar-refractivity contribution is -0.135. The second-order valence-corrected chi connectivity index (χ2v) is 6.15. The van der Waals surface area contributed by atoms with E-state index >= 15 is 0 Å². The Balaban J connectivity index is 1.40. The zero-order valence-electron chi connectivity index (χ0n) is 13.4. The number of ether oxygens (including phenoxy) is 1. The fourth-order valence-corrected chi connectivity index (χ4v) is 3.14. The van der Waals surface area contributed by atoms with Crippen LogP contribution in [0.2, 0.25) is 0 Å². The highest BCUT2D eigenvalue weighted by molar-refractivity contribution is 5.76. The molecule has 1 aromatic heterocycles. The number of piperazine rings is 1. The minimum Gasteiger partial charge on any atom is -0.378 e. The lowest BCUT2D eigenvalue weighted by atomic mass is 10.1. The molecule has 1 atom stereocenters. The van der Waals surface area contributed by atoms with Crippen LogP contribution in [0.5, 0.6) is 0 Å². The molecule has 0 N–H and O–H groups in total. The van der Waals surface area contributed by atoms with Gasteiger partial charge in [0.25, 0.3) is 5.56 Å². The summed E-state index contributed by atoms with van der Waals surface area (Å²) in [6.45, 7) is 5.36. The van der Waals surface area contributed by atoms with Gasteiger partial charge in [0, 0.05) is 51.6 Å². The zero-order valence-corrected chi connectivity index (χ0v) is 13.4. The van der Waals surface area contributed by atoms with Crippen LogP contribution in [0, 0.1) is 0 Å². The SMILES string of the molecule is O=C(CC1CCCO1)N1CCN(CCn2ncccc2=O)CC1. The third kappa shape index (κ3) is 4.39. The zero-order chi connectivity index (χ0) is 16.1. The summed E-state index contributed by atoms with van der Waals surface area (Å²) in [5, 5.41) is 4.06. The van der Waals surface area contributed by atoms with Crippen LogP contribution in [0.25, 0.3) is 0 Å². The number of hydrogen-bond acceptors (Lipinski definition) is 5. The lowest BCUT2D eigenvalue weighted by Gasteiger charge is -2.35. The summed E-state index contributed by atoms with van der Waals surface area (Å²) in [7, 11) is 0. The van der Waals surface area contributed by atoms with Crippen molar-refractivity contribution in [2.24, 2.45) is 0 Å². The molecule has 3 heterocycles. The van der Waals surface area contributed by atoms with Crippen molar-refractivity contribution >= 4 is 5.91 Å². The molecule has 0 radical (unpaired) electrons. The van der Waals surface area contributed by atoms with Crippen LogP contribution in [0.15, 0.2) is 23.1 Å². The number of nitrogens with zero attached hydrogens (tertiary/aromatic N) is 4. The molecule has 0 saturated carbocycles. The van der Waals surface area contributed by atoms with Gasteiger partial charge in [-0.25, -0.2) is 4.68 Å². The Hall–Kier alpha value is -1.73. The normalized spacial score (nSPS) is 22.4. The summed E-state index contributed by atoms with van der Waals surface area (Å²) in [6, 6.07) is 3.17. The second kappa shape index (κ2) is 7.70. The summed E-state index contributed by atoms with van der Waals surface area (Å²) in [4.78, 5) is 28.1. The molecule has 1 aromatic rings. The molecule has 7 nitrogen and oxygen atoms in total. The number of hydrogen-bond donors (Lipinski definition) is 0. The fraction of sp³-hybridized carbons (Fsp3) is 0.688. The first-order valence-corrected chi connectivity index (χ1v) is 8.36. The van der Waals surface area contributed by atoms with Gasteiger partial charge in [0.05, 0.1) is 19.1 Å². The van der Waals surface area contributed by atoms with E-state index in [1.807, 2.05) is 4.90 Å². The molecule has 0 spiro atoms. The van der Waals surface area contributed by atoms with E-state index in [9.17, 15) is 9.59 Å². The standard InChI is InChI=1S/C16H24N4O3/c21-15-4-1-5-17-20(15)11-8-18-6-9-19(10-7-18)16(22)13-14-3-2-12-23-14/h1,4-5,14H,2-3,6-13H2. The highest BCUT2D eigenvalue weighted by Crippen LogP contribution is 2.17. The average Bonchev–Trinajstić information content (AvgIpc) is 3.07. The van der Waals surface area contributed by atoms with E-state index in [0.29, 0.717) is 13.0 Å². The van der Waals surface area contributed by atoms with E-state index in [-0.39, 0.29) is 17.6 Å². The average molecular weight is 320 g/mol. The van der Waals surface area contributed by atoms with E-state index < -0.39 is 0 Å². The lowest BCUT2D eigenvalue weighted by Crippen LogP contribution is -2.50. The molecule has 2 saturated heterocycles. The van der Waals surface area contributed by atoms with E-state index in [4.69, 9.17) is 4.74 Å². The Bertz CT molecular complexity index is 575. The maximum Gasteiger partial charge on any atom is 0.266 e. The van der Waals surface area contributed by atoms with Crippen LogP contribution >= 0.6 is 0 Å². The Morgan fingerprint density at radius 2 is 2.09 bits per heavy atom. The van der Waals surface area contributed by atoms with Crippen LogP contribution in [0.3, 0.4) is 0 Å². The Morgan fingerprint density at radius 3 is 2.78 bits per heavy atom. The van der Waals surface area contributed by atoms with Crippen LogP contribution in [-0.2, 0) is 16.1 Å². The van der Waals surface area contributed by atoms with Crippen LogP contribution in [-0.4, -0.2) is 70.9 Å². The first-order chi connectivity index (χ1) is 11.2. The first kappa shape index (κ1) is 16.1. The summed E-state index contributed by atoms with van der Waals surface area (Å²) < 4.78 is 7.02. The molecular formula is C16H24N4O3. The third-order valence-electron chi connectivity index (χ3n) is 4.56. The van der Waals surface area contributed by atoms with Gasteiger partial charge in [-0.1, -0.05) is 0 Å². The smallest absolute Gasteiger partial charge is 0.266 e. The minimum atomic E-state index is -0.0714. The van der Waals surface area contributed by atoms with E-state index in [2.05, 4.69) is 10.00 Å².